The molecule has 0 aromatic carbocycles. The molecule has 306 valence electrons. The first kappa shape index (κ1) is 72.2. The Morgan fingerprint density at radius 2 is 0.392 bits per heavy atom. The highest BCUT2D eigenvalue weighted by Crippen LogP contribution is 3.44. The Kier molecular flexibility index (Phi) is 55.9. The maximum absolute atomic E-state index is 15.1. The molecule has 0 aliphatic carbocycles. The summed E-state index contributed by atoms with van der Waals surface area (Å²) in [6.45, 7) is -7.45. The van der Waals surface area contributed by atoms with Gasteiger partial charge in [0.2, 0.25) is 0 Å². The molecule has 0 saturated carbocycles. The molecule has 0 bridgehead atoms. The molecule has 0 amide bonds. The molecule has 0 aromatic rings. The van der Waals surface area contributed by atoms with Crippen LogP contribution in [0.2, 0.25) is 0 Å². The summed E-state index contributed by atoms with van der Waals surface area (Å²) < 4.78 is 15.1. The van der Waals surface area contributed by atoms with Crippen molar-refractivity contribution < 1.29 is 4.57 Å². The summed E-state index contributed by atoms with van der Waals surface area (Å²) in [7, 11) is 85.1. The van der Waals surface area contributed by atoms with Gasteiger partial charge < -0.3 is 0 Å². The van der Waals surface area contributed by atoms with E-state index in [0.717, 1.165) is 0 Å². The van der Waals surface area contributed by atoms with Crippen molar-refractivity contribution in [1.82, 2.24) is 0 Å². The van der Waals surface area contributed by atoms with Gasteiger partial charge in [0.25, 0.3) is 0 Å². The zero-order valence-corrected chi connectivity index (χ0v) is 77.3. The molecule has 0 spiro atoms. The normalized spacial score (nSPS) is 16.6. The number of hydrogen-bond donors (Lipinski definition) is 0. The van der Waals surface area contributed by atoms with Crippen LogP contribution in [0.5, 0.6) is 0 Å². The highest BCUT2D eigenvalue weighted by atomic mass is 33.6. The summed E-state index contributed by atoms with van der Waals surface area (Å²) in [5, 5.41) is 0. The Balaban J connectivity index is 9.34. The second-order valence-electron chi connectivity index (χ2n) is 7.91. The lowest BCUT2D eigenvalue weighted by Crippen LogP contribution is -1.69. The molecule has 0 radical (unpaired) electrons. The van der Waals surface area contributed by atoms with Crippen molar-refractivity contribution in [2.75, 3.05) is 0 Å². The summed E-state index contributed by atoms with van der Waals surface area (Å²) in [6.07, 6.45) is 0. The lowest BCUT2D eigenvalue weighted by Gasteiger charge is -2.56. The van der Waals surface area contributed by atoms with E-state index in [2.05, 4.69) is 223 Å². The Bertz CT molecular complexity index is 791. The lowest BCUT2D eigenvalue weighted by atomic mass is 16.0. The second kappa shape index (κ2) is 39.5. The van der Waals surface area contributed by atoms with E-state index in [1.807, 2.05) is 0 Å². The van der Waals surface area contributed by atoms with Crippen LogP contribution in [0, 0.1) is 0 Å². The topological polar surface area (TPSA) is 17.1 Å². The molecule has 29 unspecified atom stereocenters. The fraction of sp³-hybridized carbons (Fsp3) is 0. The maximum Gasteiger partial charge on any atom is 0.192 e. The quantitative estimate of drug-likeness (QED) is 0.0881. The van der Waals surface area contributed by atoms with Gasteiger partial charge in [-0.1, -0.05) is 0 Å². The van der Waals surface area contributed by atoms with Crippen molar-refractivity contribution in [3.8, 4) is 0 Å². The monoisotopic (exact) mass is 1620 g/mol. The van der Waals surface area contributed by atoms with E-state index in [1.165, 1.54) is 0 Å². The van der Waals surface area contributed by atoms with Crippen molar-refractivity contribution in [2.45, 2.75) is 0 Å². The van der Waals surface area contributed by atoms with E-state index in [4.69, 9.17) is 0 Å². The Morgan fingerprint density at radius 3 is 0.549 bits per heavy atom. The van der Waals surface area contributed by atoms with Gasteiger partial charge in [0, 0.05) is 27.9 Å². The van der Waals surface area contributed by atoms with Gasteiger partial charge >= 0.3 is 0 Å². The average Bonchev–Trinajstić information content (AvgIpc) is 2.92. The predicted octanol–water partition coefficient (Wildman–Crippen LogP) is 29.6. The third kappa shape index (κ3) is 25.7. The van der Waals surface area contributed by atoms with Crippen LogP contribution >= 0.6 is 399 Å². The first-order valence-electron chi connectivity index (χ1n) is 11.4. The van der Waals surface area contributed by atoms with Crippen molar-refractivity contribution in [2.24, 2.45) is 0 Å². The van der Waals surface area contributed by atoms with Crippen LogP contribution in [-0.4, -0.2) is 0 Å². The van der Waals surface area contributed by atoms with Crippen LogP contribution in [-0.2, 0) is 4.57 Å². The highest BCUT2D eigenvalue weighted by molar-refractivity contribution is 9.50. The minimum atomic E-state index is -0.701. The van der Waals surface area contributed by atoms with Gasteiger partial charge in [-0.05, 0) is 133 Å². The van der Waals surface area contributed by atoms with E-state index >= 15 is 4.57 Å². The smallest absolute Gasteiger partial charge is 0.192 e. The SMILES string of the molecule is O=PP(P(P(P(P)P)P(P)P)P(P(P)P)P(P)P(P)P)P(P(P(P(P)P)P(P)P)P(P(P)P)P(P)P)P(P(P(P)P)P(P)P)P(P(P)P)P(P)P. The van der Waals surface area contributed by atoms with Crippen LogP contribution in [0.4, 0.5) is 0 Å². The standard InChI is InChI=1S/H50OP50/c1-27-41(48(42(29(4)5)30(6)7)47(39(24)25)40(26)28(2)3)49(50(43(31(8)9)32(10)11)44(33(12)13)34(14)15)51(45(35(16)17)36(18)19)46(37(20)21)38(22)23/h2-26H2. The van der Waals surface area contributed by atoms with E-state index in [1.54, 1.807) is 0 Å². The Hall–Kier alpha value is 21.2. The van der Waals surface area contributed by atoms with Crippen molar-refractivity contribution >= 4 is 399 Å². The summed E-state index contributed by atoms with van der Waals surface area (Å²) in [6, 6.07) is 0. The zero-order valence-electron chi connectivity index (χ0n) is 26.0. The molecule has 0 rings (SSSR count). The number of hydrogen-bond acceptors (Lipinski definition) is 1. The van der Waals surface area contributed by atoms with Crippen LogP contribution in [0.25, 0.3) is 0 Å². The van der Waals surface area contributed by atoms with E-state index in [9.17, 15) is 0 Å². The van der Waals surface area contributed by atoms with Gasteiger partial charge in [-0.25, -0.2) is 0 Å². The maximum atomic E-state index is 15.1. The van der Waals surface area contributed by atoms with Crippen molar-refractivity contribution in [1.29, 1.82) is 0 Å². The fourth-order valence-corrected chi connectivity index (χ4v) is 691. The van der Waals surface area contributed by atoms with Gasteiger partial charge in [-0.2, -0.15) is 0 Å². The predicted molar refractivity (Wildman–Crippen MR) is 416 cm³/mol. The Morgan fingerprint density at radius 1 is 0.216 bits per heavy atom. The lowest BCUT2D eigenvalue weighted by molar-refractivity contribution is 0.605. The largest absolute Gasteiger partial charge is 0.269 e. The van der Waals surface area contributed by atoms with Crippen molar-refractivity contribution in [3.05, 3.63) is 0 Å². The minimum Gasteiger partial charge on any atom is -0.269 e. The van der Waals surface area contributed by atoms with E-state index < -0.39 is 21.0 Å². The minimum absolute atomic E-state index is 0.236. The first-order valence-corrected chi connectivity index (χ1v) is 102. The molecule has 29 atom stereocenters. The third-order valence-electron chi connectivity index (χ3n) is 4.37. The van der Waals surface area contributed by atoms with Crippen LogP contribution in [0.3, 0.4) is 0 Å². The van der Waals surface area contributed by atoms with Gasteiger partial charge in [-0.3, -0.25) is 4.57 Å². The average molecular weight is 1620 g/mol. The molecule has 51 heteroatoms. The van der Waals surface area contributed by atoms with Crippen LogP contribution in [0.15, 0.2) is 0 Å². The van der Waals surface area contributed by atoms with Gasteiger partial charge in [0.15, 0.2) is 8.15 Å². The summed E-state index contributed by atoms with van der Waals surface area (Å²) in [4.78, 5) is 0. The molecular formula is H50OP50. The van der Waals surface area contributed by atoms with Gasteiger partial charge in [0.1, 0.15) is 0 Å². The molecule has 0 aliphatic rings. The van der Waals surface area contributed by atoms with Gasteiger partial charge in [0.05, 0.1) is 6.99 Å². The number of rotatable bonds is 24. The molecular weight excluding hydrogens is 1560 g/mol. The van der Waals surface area contributed by atoms with E-state index in [-0.39, 0.29) is 147 Å². The van der Waals surface area contributed by atoms with Gasteiger partial charge in [-0.15, -0.1) is 223 Å². The second-order valence-corrected chi connectivity index (χ2v) is 212. The van der Waals surface area contributed by atoms with Crippen LogP contribution < -0.4 is 0 Å². The third-order valence-corrected chi connectivity index (χ3v) is 350. The molecule has 51 heavy (non-hydrogen) atoms. The zero-order chi connectivity index (χ0) is 40.6. The molecule has 1 nitrogen and oxygen atoms in total. The molecule has 0 N–H and O–H groups in total. The summed E-state index contributed by atoms with van der Waals surface area (Å²) in [5.41, 5.74) is 0. The summed E-state index contributed by atoms with van der Waals surface area (Å²) >= 11 is 0. The van der Waals surface area contributed by atoms with E-state index in [0.29, 0.717) is 8.15 Å². The molecule has 0 heterocycles. The Labute approximate surface area is 398 Å². The van der Waals surface area contributed by atoms with Crippen molar-refractivity contribution in [3.63, 3.8) is 0 Å². The fourth-order valence-electron chi connectivity index (χ4n) is 2.89. The molecule has 0 aliphatic heterocycles. The molecule has 0 fully saturated rings. The van der Waals surface area contributed by atoms with Crippen LogP contribution in [0.1, 0.15) is 0 Å². The summed E-state index contributed by atoms with van der Waals surface area (Å²) in [5.74, 6) is 0. The molecule has 0 saturated heterocycles. The first-order chi connectivity index (χ1) is 23.2. The molecule has 0 aromatic heterocycles. The highest BCUT2D eigenvalue weighted by Gasteiger charge is 2.58.